The zero-order valence-corrected chi connectivity index (χ0v) is 11.3. The Morgan fingerprint density at radius 2 is 1.80 bits per heavy atom. The molecule has 0 aliphatic rings. The Bertz CT molecular complexity index is 381. The minimum atomic E-state index is 0.186. The van der Waals surface area contributed by atoms with Gasteiger partial charge in [0.25, 0.3) is 0 Å². The molecule has 0 fully saturated rings. The van der Waals surface area contributed by atoms with E-state index in [0.717, 1.165) is 10.6 Å². The van der Waals surface area contributed by atoms with Crippen LogP contribution < -0.4 is 0 Å². The summed E-state index contributed by atoms with van der Waals surface area (Å²) in [6.45, 7) is 13.1. The lowest BCUT2D eigenvalue weighted by Crippen LogP contribution is -2.23. The van der Waals surface area contributed by atoms with Crippen LogP contribution in [-0.2, 0) is 0 Å². The molecule has 0 aliphatic heterocycles. The van der Waals surface area contributed by atoms with Crippen LogP contribution in [-0.4, -0.2) is 14.8 Å². The summed E-state index contributed by atoms with van der Waals surface area (Å²) in [5.41, 5.74) is 0.186. The van der Waals surface area contributed by atoms with Gasteiger partial charge in [0.15, 0.2) is 4.77 Å². The van der Waals surface area contributed by atoms with Crippen molar-refractivity contribution in [1.29, 1.82) is 0 Å². The average molecular weight is 227 g/mol. The number of rotatable bonds is 2. The molecule has 86 valence electrons. The lowest BCUT2D eigenvalue weighted by molar-refractivity contribution is 0.253. The van der Waals surface area contributed by atoms with Crippen molar-refractivity contribution in [3.05, 3.63) is 10.6 Å². The summed E-state index contributed by atoms with van der Waals surface area (Å²) in [4.78, 5) is 0. The Balaban J connectivity index is 3.24. The molecule has 1 aromatic heterocycles. The number of nitrogens with zero attached hydrogens (tertiary/aromatic N) is 2. The Hall–Kier alpha value is -0.640. The Morgan fingerprint density at radius 1 is 1.27 bits per heavy atom. The summed E-state index contributed by atoms with van der Waals surface area (Å²) >= 11 is 5.28. The third kappa shape index (κ3) is 2.48. The first-order valence-electron chi connectivity index (χ1n) is 5.42. The molecule has 1 atom stereocenters. The molecule has 15 heavy (non-hydrogen) atoms. The predicted octanol–water partition coefficient (Wildman–Crippen LogP) is 3.67. The van der Waals surface area contributed by atoms with Gasteiger partial charge >= 0.3 is 0 Å². The van der Waals surface area contributed by atoms with Crippen molar-refractivity contribution in [3.63, 3.8) is 0 Å². The molecule has 1 heterocycles. The maximum absolute atomic E-state index is 5.28. The molecule has 0 spiro atoms. The van der Waals surface area contributed by atoms with Crippen LogP contribution >= 0.6 is 12.2 Å². The molecule has 0 amide bonds. The van der Waals surface area contributed by atoms with Crippen LogP contribution in [0.4, 0.5) is 0 Å². The van der Waals surface area contributed by atoms with Gasteiger partial charge in [0.1, 0.15) is 5.82 Å². The molecule has 1 N–H and O–H groups in total. The van der Waals surface area contributed by atoms with Crippen molar-refractivity contribution < 1.29 is 0 Å². The molecule has 0 saturated heterocycles. The second-order valence-corrected chi connectivity index (χ2v) is 5.84. The zero-order valence-electron chi connectivity index (χ0n) is 10.5. The zero-order chi connectivity index (χ0) is 11.8. The maximum atomic E-state index is 5.28. The molecule has 1 rings (SSSR count). The fourth-order valence-corrected chi connectivity index (χ4v) is 1.78. The van der Waals surface area contributed by atoms with E-state index in [1.54, 1.807) is 0 Å². The largest absolute Gasteiger partial charge is 0.301 e. The maximum Gasteiger partial charge on any atom is 0.195 e. The summed E-state index contributed by atoms with van der Waals surface area (Å²) in [7, 11) is 0. The van der Waals surface area contributed by atoms with E-state index in [9.17, 15) is 0 Å². The van der Waals surface area contributed by atoms with Crippen LogP contribution in [0, 0.1) is 10.2 Å². The number of aromatic amines is 1. The van der Waals surface area contributed by atoms with Crippen molar-refractivity contribution in [2.75, 3.05) is 0 Å². The van der Waals surface area contributed by atoms with E-state index >= 15 is 0 Å². The predicted molar refractivity (Wildman–Crippen MR) is 65.7 cm³/mol. The van der Waals surface area contributed by atoms with Crippen LogP contribution in [0.25, 0.3) is 0 Å². The van der Waals surface area contributed by atoms with Crippen molar-refractivity contribution in [2.45, 2.75) is 53.5 Å². The van der Waals surface area contributed by atoms with E-state index < -0.39 is 0 Å². The van der Waals surface area contributed by atoms with E-state index in [1.807, 2.05) is 0 Å². The smallest absolute Gasteiger partial charge is 0.195 e. The van der Waals surface area contributed by atoms with E-state index in [1.165, 1.54) is 0 Å². The molecular weight excluding hydrogens is 206 g/mol. The number of H-pyrrole nitrogens is 1. The molecular formula is C11H21N3S. The average Bonchev–Trinajstić information content (AvgIpc) is 2.44. The van der Waals surface area contributed by atoms with Crippen LogP contribution in [0.3, 0.4) is 0 Å². The van der Waals surface area contributed by atoms with Crippen molar-refractivity contribution in [3.8, 4) is 0 Å². The summed E-state index contributed by atoms with van der Waals surface area (Å²) in [6.07, 6.45) is 0. The number of hydrogen-bond acceptors (Lipinski definition) is 2. The van der Waals surface area contributed by atoms with Gasteiger partial charge in [-0.2, -0.15) is 5.10 Å². The number of nitrogens with one attached hydrogen (secondary N) is 1. The molecule has 0 saturated carbocycles. The highest BCUT2D eigenvalue weighted by atomic mass is 32.1. The molecule has 0 radical (unpaired) electrons. The molecule has 0 bridgehead atoms. The first kappa shape index (κ1) is 12.4. The standard InChI is InChI=1S/C11H21N3S/c1-7(2)9-12-13-10(15)14(9)8(3)11(4,5)6/h7-8H,1-6H3,(H,13,15). The topological polar surface area (TPSA) is 33.6 Å². The van der Waals surface area contributed by atoms with Gasteiger partial charge in [-0.15, -0.1) is 0 Å². The lowest BCUT2D eigenvalue weighted by atomic mass is 9.87. The van der Waals surface area contributed by atoms with Gasteiger partial charge in [0.2, 0.25) is 0 Å². The van der Waals surface area contributed by atoms with Gasteiger partial charge in [-0.25, -0.2) is 0 Å². The van der Waals surface area contributed by atoms with Crippen molar-refractivity contribution >= 4 is 12.2 Å². The fraction of sp³-hybridized carbons (Fsp3) is 0.818. The van der Waals surface area contributed by atoms with Crippen LogP contribution in [0.5, 0.6) is 0 Å². The highest BCUT2D eigenvalue weighted by molar-refractivity contribution is 7.71. The Morgan fingerprint density at radius 3 is 2.20 bits per heavy atom. The third-order valence-corrected chi connectivity index (χ3v) is 3.18. The molecule has 4 heteroatoms. The van der Waals surface area contributed by atoms with Crippen molar-refractivity contribution in [1.82, 2.24) is 14.8 Å². The Labute approximate surface area is 96.9 Å². The van der Waals surface area contributed by atoms with E-state index in [4.69, 9.17) is 12.2 Å². The van der Waals surface area contributed by atoms with E-state index in [2.05, 4.69) is 56.3 Å². The van der Waals surface area contributed by atoms with Gasteiger partial charge in [0, 0.05) is 12.0 Å². The lowest BCUT2D eigenvalue weighted by Gasteiger charge is -2.29. The molecule has 1 unspecified atom stereocenters. The van der Waals surface area contributed by atoms with Gasteiger partial charge in [0.05, 0.1) is 0 Å². The number of hydrogen-bond donors (Lipinski definition) is 1. The normalized spacial score (nSPS) is 14.6. The number of aromatic nitrogens is 3. The van der Waals surface area contributed by atoms with E-state index in [-0.39, 0.29) is 5.41 Å². The SMILES string of the molecule is CC(C)c1n[nH]c(=S)n1C(C)C(C)(C)C. The van der Waals surface area contributed by atoms with Gasteiger partial charge in [-0.3, -0.25) is 5.10 Å². The van der Waals surface area contributed by atoms with Gasteiger partial charge in [-0.05, 0) is 24.6 Å². The summed E-state index contributed by atoms with van der Waals surface area (Å²) < 4.78 is 2.86. The summed E-state index contributed by atoms with van der Waals surface area (Å²) in [5.74, 6) is 1.44. The highest BCUT2D eigenvalue weighted by Gasteiger charge is 2.25. The Kier molecular flexibility index (Phi) is 3.38. The second-order valence-electron chi connectivity index (χ2n) is 5.45. The molecule has 0 aliphatic carbocycles. The third-order valence-electron chi connectivity index (χ3n) is 2.89. The monoisotopic (exact) mass is 227 g/mol. The first-order valence-corrected chi connectivity index (χ1v) is 5.82. The highest BCUT2D eigenvalue weighted by Crippen LogP contribution is 2.32. The quantitative estimate of drug-likeness (QED) is 0.782. The first-order chi connectivity index (χ1) is 6.75. The molecule has 0 aromatic carbocycles. The van der Waals surface area contributed by atoms with Gasteiger partial charge in [-0.1, -0.05) is 34.6 Å². The van der Waals surface area contributed by atoms with Gasteiger partial charge < -0.3 is 4.57 Å². The molecule has 3 nitrogen and oxygen atoms in total. The van der Waals surface area contributed by atoms with E-state index in [0.29, 0.717) is 12.0 Å². The molecule has 1 aromatic rings. The minimum absolute atomic E-state index is 0.186. The van der Waals surface area contributed by atoms with Crippen LogP contribution in [0.15, 0.2) is 0 Å². The summed E-state index contributed by atoms with van der Waals surface area (Å²) in [6, 6.07) is 0.348. The van der Waals surface area contributed by atoms with Crippen LogP contribution in [0.1, 0.15) is 59.3 Å². The second kappa shape index (κ2) is 4.08. The van der Waals surface area contributed by atoms with Crippen LogP contribution in [0.2, 0.25) is 0 Å². The fourth-order valence-electron chi connectivity index (χ4n) is 1.49. The summed E-state index contributed by atoms with van der Waals surface area (Å²) in [5, 5.41) is 7.18. The minimum Gasteiger partial charge on any atom is -0.301 e. The van der Waals surface area contributed by atoms with Crippen molar-refractivity contribution in [2.24, 2.45) is 5.41 Å².